The van der Waals surface area contributed by atoms with Gasteiger partial charge in [0.05, 0.1) is 0 Å². The lowest BCUT2D eigenvalue weighted by molar-refractivity contribution is 0.0953. The molecule has 0 bridgehead atoms. The number of aryl methyl sites for hydroxylation is 1. The Bertz CT molecular complexity index is 313. The predicted octanol–water partition coefficient (Wildman–Crippen LogP) is 2.28. The second kappa shape index (κ2) is 6.40. The molecule has 3 N–H and O–H groups in total. The summed E-state index contributed by atoms with van der Waals surface area (Å²) in [4.78, 5) is 11.1. The highest BCUT2D eigenvalue weighted by Crippen LogP contribution is 2.14. The van der Waals surface area contributed by atoms with Crippen molar-refractivity contribution in [1.82, 2.24) is 5.43 Å². The maximum Gasteiger partial charge on any atom is 0.265 e. The van der Waals surface area contributed by atoms with Gasteiger partial charge in [-0.05, 0) is 30.7 Å². The monoisotopic (exact) mass is 214 g/mol. The summed E-state index contributed by atoms with van der Waals surface area (Å²) >= 11 is 5.70. The van der Waals surface area contributed by atoms with Gasteiger partial charge in [-0.2, -0.15) is 0 Å². The van der Waals surface area contributed by atoms with Crippen molar-refractivity contribution in [2.75, 3.05) is 0 Å². The van der Waals surface area contributed by atoms with Crippen LogP contribution in [-0.4, -0.2) is 5.91 Å². The Morgan fingerprint density at radius 3 is 2.43 bits per heavy atom. The maximum absolute atomic E-state index is 11.1. The summed E-state index contributed by atoms with van der Waals surface area (Å²) in [5, 5.41) is 0.612. The number of halogens is 1. The summed E-state index contributed by atoms with van der Waals surface area (Å²) in [7, 11) is 0. The molecule has 1 aromatic carbocycles. The van der Waals surface area contributed by atoms with Gasteiger partial charge in [0.25, 0.3) is 5.91 Å². The van der Waals surface area contributed by atoms with Gasteiger partial charge in [-0.1, -0.05) is 25.4 Å². The minimum absolute atomic E-state index is 0.302. The highest BCUT2D eigenvalue weighted by atomic mass is 35.5. The maximum atomic E-state index is 11.1. The van der Waals surface area contributed by atoms with Crippen molar-refractivity contribution in [1.29, 1.82) is 0 Å². The molecule has 3 nitrogen and oxygen atoms in total. The van der Waals surface area contributed by atoms with E-state index in [9.17, 15) is 4.79 Å². The number of rotatable bonds is 1. The number of nitrogen functional groups attached to an aromatic ring is 1. The van der Waals surface area contributed by atoms with Crippen LogP contribution in [0.2, 0.25) is 5.02 Å². The molecule has 0 spiro atoms. The van der Waals surface area contributed by atoms with Crippen molar-refractivity contribution in [2.45, 2.75) is 20.8 Å². The first-order valence-electron chi connectivity index (χ1n) is 4.42. The van der Waals surface area contributed by atoms with Crippen LogP contribution in [0.1, 0.15) is 29.8 Å². The standard InChI is InChI=1S/C8H9ClN2O.C2H6/c1-5-4-6(9)2-3-7(5)8(12)11-10;1-2/h2-4H,10H2,1H3,(H,11,12);1-2H3. The van der Waals surface area contributed by atoms with Crippen molar-refractivity contribution >= 4 is 17.5 Å². The number of amides is 1. The number of carbonyl (C=O) groups is 1. The summed E-state index contributed by atoms with van der Waals surface area (Å²) in [6.45, 7) is 5.80. The van der Waals surface area contributed by atoms with Crippen molar-refractivity contribution < 1.29 is 4.79 Å². The molecule has 0 aliphatic carbocycles. The average molecular weight is 215 g/mol. The Hall–Kier alpha value is -1.06. The van der Waals surface area contributed by atoms with E-state index in [1.165, 1.54) is 0 Å². The van der Waals surface area contributed by atoms with Gasteiger partial charge < -0.3 is 0 Å². The van der Waals surface area contributed by atoms with E-state index in [0.29, 0.717) is 10.6 Å². The lowest BCUT2D eigenvalue weighted by atomic mass is 10.1. The molecule has 0 saturated carbocycles. The summed E-state index contributed by atoms with van der Waals surface area (Å²) in [5.74, 6) is 4.68. The van der Waals surface area contributed by atoms with Gasteiger partial charge in [0, 0.05) is 10.6 Å². The lowest BCUT2D eigenvalue weighted by Crippen LogP contribution is -2.30. The molecule has 1 amide bonds. The Kier molecular flexibility index (Phi) is 5.92. The van der Waals surface area contributed by atoms with Gasteiger partial charge in [0.15, 0.2) is 0 Å². The van der Waals surface area contributed by atoms with Crippen molar-refractivity contribution in [3.05, 3.63) is 34.3 Å². The molecule has 0 heterocycles. The molecule has 0 aliphatic rings. The summed E-state index contributed by atoms with van der Waals surface area (Å²) < 4.78 is 0. The molecule has 14 heavy (non-hydrogen) atoms. The molecular weight excluding hydrogens is 200 g/mol. The molecule has 78 valence electrons. The van der Waals surface area contributed by atoms with E-state index >= 15 is 0 Å². The third-order valence-corrected chi connectivity index (χ3v) is 1.80. The van der Waals surface area contributed by atoms with Gasteiger partial charge in [-0.3, -0.25) is 10.2 Å². The fourth-order valence-corrected chi connectivity index (χ4v) is 1.19. The van der Waals surface area contributed by atoms with Crippen molar-refractivity contribution in [3.8, 4) is 0 Å². The van der Waals surface area contributed by atoms with Crippen molar-refractivity contribution in [2.24, 2.45) is 5.84 Å². The highest BCUT2D eigenvalue weighted by Gasteiger charge is 2.06. The molecule has 0 aliphatic heterocycles. The minimum Gasteiger partial charge on any atom is -0.290 e. The smallest absolute Gasteiger partial charge is 0.265 e. The van der Waals surface area contributed by atoms with Crippen LogP contribution in [0.3, 0.4) is 0 Å². The number of hydrogen-bond acceptors (Lipinski definition) is 2. The first-order chi connectivity index (χ1) is 6.65. The molecule has 4 heteroatoms. The Morgan fingerprint density at radius 1 is 1.43 bits per heavy atom. The SMILES string of the molecule is CC.Cc1cc(Cl)ccc1C(=O)NN. The number of hydrogen-bond donors (Lipinski definition) is 2. The number of nitrogens with two attached hydrogens (primary N) is 1. The number of nitrogens with one attached hydrogen (secondary N) is 1. The molecule has 1 aromatic rings. The minimum atomic E-state index is -0.302. The van der Waals surface area contributed by atoms with Crippen LogP contribution in [0.15, 0.2) is 18.2 Å². The Labute approximate surface area is 89.2 Å². The zero-order chi connectivity index (χ0) is 11.1. The first kappa shape index (κ1) is 12.9. The zero-order valence-electron chi connectivity index (χ0n) is 8.60. The average Bonchev–Trinajstić information content (AvgIpc) is 2.20. The molecule has 0 aromatic heterocycles. The molecule has 0 saturated heterocycles. The normalized spacial score (nSPS) is 8.64. The van der Waals surface area contributed by atoms with Gasteiger partial charge in [0.2, 0.25) is 0 Å². The third kappa shape index (κ3) is 3.36. The van der Waals surface area contributed by atoms with E-state index in [4.69, 9.17) is 17.4 Å². The fourth-order valence-electron chi connectivity index (χ4n) is 0.960. The second-order valence-electron chi connectivity index (χ2n) is 2.43. The van der Waals surface area contributed by atoms with Gasteiger partial charge in [-0.25, -0.2) is 5.84 Å². The summed E-state index contributed by atoms with van der Waals surface area (Å²) in [6, 6.07) is 5.01. The third-order valence-electron chi connectivity index (χ3n) is 1.56. The summed E-state index contributed by atoms with van der Waals surface area (Å²) in [6.07, 6.45) is 0. The van der Waals surface area contributed by atoms with E-state index in [1.807, 2.05) is 13.8 Å². The number of benzene rings is 1. The van der Waals surface area contributed by atoms with Gasteiger partial charge in [-0.15, -0.1) is 0 Å². The van der Waals surface area contributed by atoms with Crippen LogP contribution in [0.25, 0.3) is 0 Å². The van der Waals surface area contributed by atoms with E-state index in [0.717, 1.165) is 5.56 Å². The van der Waals surface area contributed by atoms with Gasteiger partial charge >= 0.3 is 0 Å². The lowest BCUT2D eigenvalue weighted by Gasteiger charge is -2.03. The quantitative estimate of drug-likeness (QED) is 0.428. The Balaban J connectivity index is 0.000000791. The Morgan fingerprint density at radius 2 is 2.00 bits per heavy atom. The molecule has 1 rings (SSSR count). The second-order valence-corrected chi connectivity index (χ2v) is 2.87. The highest BCUT2D eigenvalue weighted by molar-refractivity contribution is 6.30. The van der Waals surface area contributed by atoms with Crippen molar-refractivity contribution in [3.63, 3.8) is 0 Å². The van der Waals surface area contributed by atoms with E-state index < -0.39 is 0 Å². The predicted molar refractivity (Wildman–Crippen MR) is 59.2 cm³/mol. The fraction of sp³-hybridized carbons (Fsp3) is 0.300. The molecule has 0 unspecified atom stereocenters. The van der Waals surface area contributed by atoms with E-state index in [1.54, 1.807) is 25.1 Å². The summed E-state index contributed by atoms with van der Waals surface area (Å²) in [5.41, 5.74) is 3.41. The molecule has 0 atom stereocenters. The van der Waals surface area contributed by atoms with Gasteiger partial charge in [0.1, 0.15) is 0 Å². The first-order valence-corrected chi connectivity index (χ1v) is 4.80. The molecular formula is C10H15ClN2O. The topological polar surface area (TPSA) is 55.1 Å². The van der Waals surface area contributed by atoms with Crippen LogP contribution in [0.5, 0.6) is 0 Å². The van der Waals surface area contributed by atoms with E-state index in [-0.39, 0.29) is 5.91 Å². The number of hydrazine groups is 1. The molecule has 0 fully saturated rings. The number of carbonyl (C=O) groups excluding carboxylic acids is 1. The van der Waals surface area contributed by atoms with Crippen LogP contribution >= 0.6 is 11.6 Å². The van der Waals surface area contributed by atoms with Crippen LogP contribution in [0, 0.1) is 6.92 Å². The largest absolute Gasteiger partial charge is 0.290 e. The van der Waals surface area contributed by atoms with E-state index in [2.05, 4.69) is 5.43 Å². The zero-order valence-corrected chi connectivity index (χ0v) is 9.35. The van der Waals surface area contributed by atoms with Crippen LogP contribution < -0.4 is 11.3 Å². The van der Waals surface area contributed by atoms with Crippen LogP contribution in [-0.2, 0) is 0 Å². The molecule has 0 radical (unpaired) electrons. The van der Waals surface area contributed by atoms with Crippen LogP contribution in [0.4, 0.5) is 0 Å².